The topological polar surface area (TPSA) is 47.6 Å². The van der Waals surface area contributed by atoms with Crippen LogP contribution in [0, 0.1) is 0 Å². The highest BCUT2D eigenvalue weighted by Crippen LogP contribution is 2.36. The van der Waals surface area contributed by atoms with E-state index in [-0.39, 0.29) is 5.91 Å². The highest BCUT2D eigenvalue weighted by Gasteiger charge is 2.15. The van der Waals surface area contributed by atoms with Crippen LogP contribution in [0.5, 0.6) is 11.5 Å². The number of carbonyl (C=O) groups is 1. The predicted octanol–water partition coefficient (Wildman–Crippen LogP) is 4.37. The maximum absolute atomic E-state index is 12.3. The van der Waals surface area contributed by atoms with E-state index < -0.39 is 0 Å². The molecule has 0 bridgehead atoms. The number of amides is 1. The average Bonchev–Trinajstić information content (AvgIpc) is 2.48. The van der Waals surface area contributed by atoms with Gasteiger partial charge in [0.2, 0.25) is 0 Å². The summed E-state index contributed by atoms with van der Waals surface area (Å²) in [6.45, 7) is 0. The number of methoxy groups -OCH3 is 2. The summed E-state index contributed by atoms with van der Waals surface area (Å²) in [6.07, 6.45) is 0. The van der Waals surface area contributed by atoms with Crippen molar-refractivity contribution in [2.24, 2.45) is 0 Å². The van der Waals surface area contributed by atoms with Crippen molar-refractivity contribution in [3.8, 4) is 11.5 Å². The van der Waals surface area contributed by atoms with E-state index in [2.05, 4.69) is 21.2 Å². The van der Waals surface area contributed by atoms with E-state index in [1.54, 1.807) is 30.3 Å². The zero-order valence-electron chi connectivity index (χ0n) is 11.4. The molecule has 0 fully saturated rings. The number of hydrogen-bond donors (Lipinski definition) is 1. The van der Waals surface area contributed by atoms with Gasteiger partial charge in [-0.2, -0.15) is 0 Å². The third-order valence-corrected chi connectivity index (χ3v) is 3.83. The first-order valence-electron chi connectivity index (χ1n) is 6.04. The number of anilines is 1. The first-order valence-corrected chi connectivity index (χ1v) is 7.21. The molecular weight excluding hydrogens is 358 g/mol. The van der Waals surface area contributed by atoms with Crippen LogP contribution in [0.25, 0.3) is 0 Å². The maximum Gasteiger partial charge on any atom is 0.256 e. The number of rotatable bonds is 4. The number of halogens is 2. The predicted molar refractivity (Wildman–Crippen MR) is 86.7 cm³/mol. The van der Waals surface area contributed by atoms with Crippen molar-refractivity contribution in [2.75, 3.05) is 19.5 Å². The second kappa shape index (κ2) is 6.83. The van der Waals surface area contributed by atoms with E-state index in [9.17, 15) is 4.79 Å². The Hall–Kier alpha value is -1.72. The summed E-state index contributed by atoms with van der Waals surface area (Å²) in [4.78, 5) is 12.3. The Labute approximate surface area is 136 Å². The molecule has 0 saturated carbocycles. The van der Waals surface area contributed by atoms with Crippen LogP contribution in [0.2, 0.25) is 5.02 Å². The highest BCUT2D eigenvalue weighted by molar-refractivity contribution is 9.10. The summed E-state index contributed by atoms with van der Waals surface area (Å²) in [5, 5.41) is 3.20. The van der Waals surface area contributed by atoms with Crippen LogP contribution in [-0.4, -0.2) is 20.1 Å². The van der Waals surface area contributed by atoms with Crippen LogP contribution in [0.4, 0.5) is 5.69 Å². The Kier molecular flexibility index (Phi) is 5.09. The number of ether oxygens (including phenoxy) is 2. The van der Waals surface area contributed by atoms with Gasteiger partial charge >= 0.3 is 0 Å². The Morgan fingerprint density at radius 3 is 2.43 bits per heavy atom. The minimum absolute atomic E-state index is 0.259. The van der Waals surface area contributed by atoms with Crippen molar-refractivity contribution in [1.29, 1.82) is 0 Å². The maximum atomic E-state index is 12.3. The summed E-state index contributed by atoms with van der Waals surface area (Å²) in [7, 11) is 3.01. The van der Waals surface area contributed by atoms with Crippen LogP contribution in [0.15, 0.2) is 40.9 Å². The Morgan fingerprint density at radius 1 is 1.14 bits per heavy atom. The lowest BCUT2D eigenvalue weighted by molar-refractivity contribution is 0.102. The molecule has 1 amide bonds. The molecule has 110 valence electrons. The van der Waals surface area contributed by atoms with Crippen molar-refractivity contribution in [3.63, 3.8) is 0 Å². The molecule has 0 aliphatic rings. The van der Waals surface area contributed by atoms with Gasteiger partial charge in [-0.05, 0) is 28.1 Å². The molecule has 0 aliphatic carbocycles. The summed E-state index contributed by atoms with van der Waals surface area (Å²) >= 11 is 9.38. The lowest BCUT2D eigenvalue weighted by atomic mass is 10.2. The van der Waals surface area contributed by atoms with Gasteiger partial charge in [-0.15, -0.1) is 0 Å². The first kappa shape index (κ1) is 15.7. The minimum atomic E-state index is -0.259. The van der Waals surface area contributed by atoms with E-state index in [4.69, 9.17) is 21.1 Å². The van der Waals surface area contributed by atoms with Gasteiger partial charge in [-0.25, -0.2) is 0 Å². The molecule has 1 N–H and O–H groups in total. The standard InChI is InChI=1S/C15H13BrClNO3/c1-20-13-8-12(14(21-2)7-11(13)17)18-15(19)9-5-3-4-6-10(9)16/h3-8H,1-2H3,(H,18,19). The fourth-order valence-electron chi connectivity index (χ4n) is 1.79. The van der Waals surface area contributed by atoms with E-state index in [0.29, 0.717) is 32.2 Å². The lowest BCUT2D eigenvalue weighted by Gasteiger charge is -2.13. The molecule has 0 saturated heterocycles. The number of benzene rings is 2. The molecule has 0 heterocycles. The second-order valence-electron chi connectivity index (χ2n) is 4.12. The minimum Gasteiger partial charge on any atom is -0.495 e. The number of nitrogens with one attached hydrogen (secondary N) is 1. The van der Waals surface area contributed by atoms with Gasteiger partial charge in [-0.3, -0.25) is 4.79 Å². The molecule has 21 heavy (non-hydrogen) atoms. The summed E-state index contributed by atoms with van der Waals surface area (Å²) < 4.78 is 11.1. The molecule has 2 aromatic rings. The SMILES string of the molecule is COc1cc(NC(=O)c2ccccc2Br)c(OC)cc1Cl. The Bertz CT molecular complexity index is 676. The van der Waals surface area contributed by atoms with Crippen molar-refractivity contribution >= 4 is 39.1 Å². The molecule has 2 aromatic carbocycles. The largest absolute Gasteiger partial charge is 0.495 e. The van der Waals surface area contributed by atoms with Crippen molar-refractivity contribution in [1.82, 2.24) is 0 Å². The van der Waals surface area contributed by atoms with Gasteiger partial charge in [0.25, 0.3) is 5.91 Å². The van der Waals surface area contributed by atoms with Crippen molar-refractivity contribution < 1.29 is 14.3 Å². The van der Waals surface area contributed by atoms with Crippen LogP contribution >= 0.6 is 27.5 Å². The summed E-state index contributed by atoms with van der Waals surface area (Å²) in [5.41, 5.74) is 1.01. The highest BCUT2D eigenvalue weighted by atomic mass is 79.9. The second-order valence-corrected chi connectivity index (χ2v) is 5.38. The van der Waals surface area contributed by atoms with E-state index in [1.807, 2.05) is 6.07 Å². The third-order valence-electron chi connectivity index (χ3n) is 2.84. The van der Waals surface area contributed by atoms with Gasteiger partial charge in [-0.1, -0.05) is 23.7 Å². The molecule has 4 nitrogen and oxygen atoms in total. The Morgan fingerprint density at radius 2 is 1.81 bits per heavy atom. The molecule has 6 heteroatoms. The molecule has 0 atom stereocenters. The monoisotopic (exact) mass is 369 g/mol. The van der Waals surface area contributed by atoms with E-state index in [0.717, 1.165) is 0 Å². The van der Waals surface area contributed by atoms with Crippen molar-refractivity contribution in [3.05, 3.63) is 51.5 Å². The van der Waals surface area contributed by atoms with E-state index >= 15 is 0 Å². The quantitative estimate of drug-likeness (QED) is 0.869. The first-order chi connectivity index (χ1) is 10.1. The third kappa shape index (κ3) is 3.49. The smallest absolute Gasteiger partial charge is 0.256 e. The number of carbonyl (C=O) groups excluding carboxylic acids is 1. The average molecular weight is 371 g/mol. The molecule has 0 spiro atoms. The molecular formula is C15H13BrClNO3. The van der Waals surface area contributed by atoms with Crippen molar-refractivity contribution in [2.45, 2.75) is 0 Å². The molecule has 0 aliphatic heterocycles. The van der Waals surface area contributed by atoms with E-state index in [1.165, 1.54) is 14.2 Å². The van der Waals surface area contributed by atoms with Gasteiger partial charge in [0.05, 0.1) is 30.5 Å². The fourth-order valence-corrected chi connectivity index (χ4v) is 2.49. The molecule has 0 aromatic heterocycles. The molecule has 0 radical (unpaired) electrons. The molecule has 2 rings (SSSR count). The zero-order valence-corrected chi connectivity index (χ0v) is 13.8. The molecule has 0 unspecified atom stereocenters. The van der Waals surface area contributed by atoms with Crippen LogP contribution in [0.1, 0.15) is 10.4 Å². The summed E-state index contributed by atoms with van der Waals surface area (Å²) in [5.74, 6) is 0.659. The normalized spacial score (nSPS) is 10.1. The van der Waals surface area contributed by atoms with Gasteiger partial charge < -0.3 is 14.8 Å². The van der Waals surface area contributed by atoms with Crippen LogP contribution < -0.4 is 14.8 Å². The van der Waals surface area contributed by atoms with Crippen LogP contribution in [-0.2, 0) is 0 Å². The fraction of sp³-hybridized carbons (Fsp3) is 0.133. The van der Waals surface area contributed by atoms with Gasteiger partial charge in [0.15, 0.2) is 0 Å². The summed E-state index contributed by atoms with van der Waals surface area (Å²) in [6, 6.07) is 10.4. The van der Waals surface area contributed by atoms with Gasteiger partial charge in [0, 0.05) is 16.6 Å². The lowest BCUT2D eigenvalue weighted by Crippen LogP contribution is -2.13. The van der Waals surface area contributed by atoms with Gasteiger partial charge in [0.1, 0.15) is 11.5 Å². The number of hydrogen-bond acceptors (Lipinski definition) is 3. The Balaban J connectivity index is 2.35. The zero-order chi connectivity index (χ0) is 15.4. The van der Waals surface area contributed by atoms with Crippen LogP contribution in [0.3, 0.4) is 0 Å².